The quantitative estimate of drug-likeness (QED) is 0.596. The van der Waals surface area contributed by atoms with Crippen molar-refractivity contribution in [2.45, 2.75) is 19.4 Å². The van der Waals surface area contributed by atoms with Crippen LogP contribution in [0.1, 0.15) is 23.8 Å². The molecule has 1 aromatic rings. The summed E-state index contributed by atoms with van der Waals surface area (Å²) < 4.78 is 10.2. The van der Waals surface area contributed by atoms with Gasteiger partial charge in [-0.3, -0.25) is 14.9 Å². The smallest absolute Gasteiger partial charge is 0.280 e. The Kier molecular flexibility index (Phi) is 6.57. The lowest BCUT2D eigenvalue weighted by Gasteiger charge is -2.11. The Morgan fingerprint density at radius 3 is 2.81 bits per heavy atom. The number of amides is 2. The largest absolute Gasteiger partial charge is 0.503 e. The van der Waals surface area contributed by atoms with E-state index in [0.717, 1.165) is 0 Å². The third-order valence-electron chi connectivity index (χ3n) is 2.50. The van der Waals surface area contributed by atoms with Crippen LogP contribution in [-0.4, -0.2) is 48.3 Å². The Morgan fingerprint density at radius 2 is 2.19 bits per heavy atom. The van der Waals surface area contributed by atoms with Crippen LogP contribution < -0.4 is 15.8 Å². The predicted octanol–water partition coefficient (Wildman–Crippen LogP) is -0.194. The first-order chi connectivity index (χ1) is 9.97. The minimum absolute atomic E-state index is 0.111. The molecular weight excluding hydrogens is 278 g/mol. The number of ether oxygens (including phenoxy) is 2. The van der Waals surface area contributed by atoms with E-state index in [9.17, 15) is 14.7 Å². The number of methoxy groups -OCH3 is 1. The van der Waals surface area contributed by atoms with Gasteiger partial charge in [-0.15, -0.1) is 0 Å². The zero-order valence-corrected chi connectivity index (χ0v) is 12.0. The van der Waals surface area contributed by atoms with Crippen molar-refractivity contribution in [3.05, 3.63) is 18.0 Å². The maximum Gasteiger partial charge on any atom is 0.280 e. The standard InChI is InChI=1S/C13H19N3O5/c1-8(14)12(18)16-13(19)10-11(17)9(4-5-15-10)21-7-3-6-20-2/h4-5,8,17H,3,6-7,14H2,1-2H3,(H,16,18,19)/t8-/m1/s1. The third-order valence-corrected chi connectivity index (χ3v) is 2.50. The number of hydrogen-bond acceptors (Lipinski definition) is 7. The molecule has 0 saturated carbocycles. The summed E-state index contributed by atoms with van der Waals surface area (Å²) in [5, 5.41) is 12.0. The number of pyridine rings is 1. The van der Waals surface area contributed by atoms with Gasteiger partial charge in [0.25, 0.3) is 5.91 Å². The van der Waals surface area contributed by atoms with Gasteiger partial charge in [-0.25, -0.2) is 4.98 Å². The fourth-order valence-corrected chi connectivity index (χ4v) is 1.39. The molecule has 21 heavy (non-hydrogen) atoms. The van der Waals surface area contributed by atoms with Gasteiger partial charge in [0.15, 0.2) is 17.2 Å². The molecule has 0 aliphatic heterocycles. The number of imide groups is 1. The highest BCUT2D eigenvalue weighted by molar-refractivity contribution is 6.06. The first kappa shape index (κ1) is 16.9. The van der Waals surface area contributed by atoms with Crippen molar-refractivity contribution in [2.75, 3.05) is 20.3 Å². The summed E-state index contributed by atoms with van der Waals surface area (Å²) in [6.07, 6.45) is 1.93. The minimum atomic E-state index is -0.843. The topological polar surface area (TPSA) is 124 Å². The van der Waals surface area contributed by atoms with Crippen molar-refractivity contribution in [3.63, 3.8) is 0 Å². The SMILES string of the molecule is COCCCOc1ccnc(C(=O)NC(=O)[C@@H](C)N)c1O. The molecule has 0 bridgehead atoms. The number of aromatic hydroxyl groups is 1. The van der Waals surface area contributed by atoms with Crippen LogP contribution in [0, 0.1) is 0 Å². The third kappa shape index (κ3) is 5.01. The first-order valence-corrected chi connectivity index (χ1v) is 6.37. The maximum atomic E-state index is 11.8. The van der Waals surface area contributed by atoms with Gasteiger partial charge in [0.2, 0.25) is 5.91 Å². The van der Waals surface area contributed by atoms with Crippen molar-refractivity contribution >= 4 is 11.8 Å². The lowest BCUT2D eigenvalue weighted by atomic mass is 10.2. The molecule has 1 heterocycles. The van der Waals surface area contributed by atoms with Crippen LogP contribution in [0.25, 0.3) is 0 Å². The van der Waals surface area contributed by atoms with E-state index in [1.165, 1.54) is 19.2 Å². The molecule has 8 nitrogen and oxygen atoms in total. The summed E-state index contributed by atoms with van der Waals surface area (Å²) in [6, 6.07) is 0.580. The number of aromatic nitrogens is 1. The molecular formula is C13H19N3O5. The molecule has 8 heteroatoms. The highest BCUT2D eigenvalue weighted by Crippen LogP contribution is 2.28. The molecule has 0 spiro atoms. The molecule has 1 aromatic heterocycles. The Balaban J connectivity index is 2.75. The molecule has 1 rings (SSSR count). The number of carbonyl (C=O) groups is 2. The predicted molar refractivity (Wildman–Crippen MR) is 74.0 cm³/mol. The Hall–Kier alpha value is -2.19. The van der Waals surface area contributed by atoms with Gasteiger partial charge in [-0.2, -0.15) is 0 Å². The molecule has 116 valence electrons. The van der Waals surface area contributed by atoms with E-state index < -0.39 is 23.6 Å². The van der Waals surface area contributed by atoms with E-state index >= 15 is 0 Å². The lowest BCUT2D eigenvalue weighted by Crippen LogP contribution is -2.41. The number of nitrogens with zero attached hydrogens (tertiary/aromatic N) is 1. The average Bonchev–Trinajstić information content (AvgIpc) is 2.44. The van der Waals surface area contributed by atoms with Crippen LogP contribution in [0.5, 0.6) is 11.5 Å². The molecule has 0 radical (unpaired) electrons. The first-order valence-electron chi connectivity index (χ1n) is 6.37. The monoisotopic (exact) mass is 297 g/mol. The van der Waals surface area contributed by atoms with Crippen LogP contribution in [0.4, 0.5) is 0 Å². The number of rotatable bonds is 7. The average molecular weight is 297 g/mol. The van der Waals surface area contributed by atoms with Crippen molar-refractivity contribution in [3.8, 4) is 11.5 Å². The van der Waals surface area contributed by atoms with Crippen LogP contribution >= 0.6 is 0 Å². The molecule has 0 aliphatic carbocycles. The minimum Gasteiger partial charge on any atom is -0.503 e. The number of nitrogens with two attached hydrogens (primary N) is 1. The molecule has 4 N–H and O–H groups in total. The maximum absolute atomic E-state index is 11.8. The summed E-state index contributed by atoms with van der Waals surface area (Å²) in [4.78, 5) is 26.9. The second-order valence-electron chi connectivity index (χ2n) is 4.31. The van der Waals surface area contributed by atoms with Crippen molar-refractivity contribution < 1.29 is 24.2 Å². The highest BCUT2D eigenvalue weighted by Gasteiger charge is 2.20. The highest BCUT2D eigenvalue weighted by atomic mass is 16.5. The van der Waals surface area contributed by atoms with Gasteiger partial charge in [0.05, 0.1) is 12.6 Å². The fraction of sp³-hybridized carbons (Fsp3) is 0.462. The van der Waals surface area contributed by atoms with Gasteiger partial charge in [-0.1, -0.05) is 0 Å². The number of hydrogen-bond donors (Lipinski definition) is 3. The van der Waals surface area contributed by atoms with E-state index in [1.54, 1.807) is 7.11 Å². The second-order valence-corrected chi connectivity index (χ2v) is 4.31. The van der Waals surface area contributed by atoms with Gasteiger partial charge in [0.1, 0.15) is 0 Å². The van der Waals surface area contributed by atoms with Gasteiger partial charge in [-0.05, 0) is 6.92 Å². The molecule has 1 atom stereocenters. The second kappa shape index (κ2) is 8.18. The summed E-state index contributed by atoms with van der Waals surface area (Å²) in [7, 11) is 1.57. The molecule has 0 aromatic carbocycles. The number of carbonyl (C=O) groups excluding carboxylic acids is 2. The van der Waals surface area contributed by atoms with Crippen LogP contribution in [0.2, 0.25) is 0 Å². The van der Waals surface area contributed by atoms with Gasteiger partial charge >= 0.3 is 0 Å². The summed E-state index contributed by atoms with van der Waals surface area (Å²) in [5.41, 5.74) is 5.04. The van der Waals surface area contributed by atoms with E-state index in [1.807, 2.05) is 5.32 Å². The summed E-state index contributed by atoms with van der Waals surface area (Å²) in [6.45, 7) is 2.26. The molecule has 2 amide bonds. The van der Waals surface area contributed by atoms with E-state index in [4.69, 9.17) is 15.2 Å². The van der Waals surface area contributed by atoms with Crippen LogP contribution in [-0.2, 0) is 9.53 Å². The van der Waals surface area contributed by atoms with Crippen molar-refractivity contribution in [1.82, 2.24) is 10.3 Å². The van der Waals surface area contributed by atoms with Crippen molar-refractivity contribution in [1.29, 1.82) is 0 Å². The fourth-order valence-electron chi connectivity index (χ4n) is 1.39. The Bertz CT molecular complexity index is 505. The molecule has 0 aliphatic rings. The summed E-state index contributed by atoms with van der Waals surface area (Å²) >= 11 is 0. The molecule has 0 fully saturated rings. The number of nitrogens with one attached hydrogen (secondary N) is 1. The molecule has 0 unspecified atom stereocenters. The van der Waals surface area contributed by atoms with Gasteiger partial charge in [0, 0.05) is 32.4 Å². The normalized spacial score (nSPS) is 11.8. The lowest BCUT2D eigenvalue weighted by molar-refractivity contribution is -0.121. The Morgan fingerprint density at radius 1 is 1.48 bits per heavy atom. The zero-order chi connectivity index (χ0) is 15.8. The van der Waals surface area contributed by atoms with E-state index in [0.29, 0.717) is 19.6 Å². The van der Waals surface area contributed by atoms with Crippen LogP contribution in [0.3, 0.4) is 0 Å². The molecule has 0 saturated heterocycles. The van der Waals surface area contributed by atoms with Crippen molar-refractivity contribution in [2.24, 2.45) is 5.73 Å². The summed E-state index contributed by atoms with van der Waals surface area (Å²) in [5.74, 6) is -1.81. The van der Waals surface area contributed by atoms with Gasteiger partial charge < -0.3 is 20.3 Å². The zero-order valence-electron chi connectivity index (χ0n) is 12.0. The van der Waals surface area contributed by atoms with E-state index in [-0.39, 0.29) is 11.4 Å². The van der Waals surface area contributed by atoms with E-state index in [2.05, 4.69) is 4.98 Å². The van der Waals surface area contributed by atoms with Crippen LogP contribution in [0.15, 0.2) is 12.3 Å². The Labute approximate surface area is 122 Å².